The predicted octanol–water partition coefficient (Wildman–Crippen LogP) is 5.33. The van der Waals surface area contributed by atoms with Crippen LogP contribution in [0.2, 0.25) is 5.02 Å². The van der Waals surface area contributed by atoms with Crippen molar-refractivity contribution in [1.29, 1.82) is 5.41 Å². The van der Waals surface area contributed by atoms with Gasteiger partial charge in [0.2, 0.25) is 5.17 Å². The average Bonchev–Trinajstić information content (AvgIpc) is 3.33. The van der Waals surface area contributed by atoms with Gasteiger partial charge in [-0.25, -0.2) is 0 Å². The molecule has 4 rings (SSSR count). The topological polar surface area (TPSA) is 73.8 Å². The summed E-state index contributed by atoms with van der Waals surface area (Å²) in [5.74, 6) is -0.357. The number of carbonyl (C=O) groups is 1. The lowest BCUT2D eigenvalue weighted by Gasteiger charge is -2.20. The normalized spacial score (nSPS) is 17.6. The van der Waals surface area contributed by atoms with E-state index in [4.69, 9.17) is 17.0 Å². The highest BCUT2D eigenvalue weighted by atomic mass is 35.5. The second kappa shape index (κ2) is 8.39. The van der Waals surface area contributed by atoms with Gasteiger partial charge in [0.1, 0.15) is 5.04 Å². The zero-order valence-electron chi connectivity index (χ0n) is 15.9. The van der Waals surface area contributed by atoms with E-state index >= 15 is 0 Å². The van der Waals surface area contributed by atoms with Crippen LogP contribution in [0.1, 0.15) is 38.3 Å². The number of unbranched alkanes of at least 4 members (excludes halogenated alkanes) is 2. The van der Waals surface area contributed by atoms with Crippen molar-refractivity contribution in [3.8, 4) is 5.69 Å². The molecule has 3 heterocycles. The zero-order chi connectivity index (χ0) is 20.4. The third kappa shape index (κ3) is 4.06. The smallest absolute Gasteiger partial charge is 0.283 e. The molecule has 0 saturated carbocycles. The quantitative estimate of drug-likeness (QED) is 0.502. The molecule has 0 unspecified atom stereocenters. The van der Waals surface area contributed by atoms with E-state index < -0.39 is 5.91 Å². The molecular weight excluding hydrogens is 406 g/mol. The molecule has 29 heavy (non-hydrogen) atoms. The molecule has 0 spiro atoms. The molecule has 0 bridgehead atoms. The summed E-state index contributed by atoms with van der Waals surface area (Å²) in [7, 11) is 0. The predicted molar refractivity (Wildman–Crippen MR) is 120 cm³/mol. The zero-order valence-corrected chi connectivity index (χ0v) is 17.5. The van der Waals surface area contributed by atoms with Gasteiger partial charge in [0.15, 0.2) is 5.84 Å². The van der Waals surface area contributed by atoms with Gasteiger partial charge < -0.3 is 4.57 Å². The van der Waals surface area contributed by atoms with Crippen molar-refractivity contribution < 1.29 is 4.79 Å². The Morgan fingerprint density at radius 2 is 2.00 bits per heavy atom. The van der Waals surface area contributed by atoms with Gasteiger partial charge in [0.25, 0.3) is 5.91 Å². The number of hydrazone groups is 1. The second-order valence-corrected chi connectivity index (χ2v) is 8.23. The molecule has 148 valence electrons. The summed E-state index contributed by atoms with van der Waals surface area (Å²) >= 11 is 7.36. The highest BCUT2D eigenvalue weighted by Gasteiger charge is 2.35. The van der Waals surface area contributed by atoms with Crippen LogP contribution in [-0.4, -0.2) is 31.5 Å². The van der Waals surface area contributed by atoms with Gasteiger partial charge in [0.05, 0.1) is 5.57 Å². The fourth-order valence-corrected chi connectivity index (χ4v) is 4.21. The van der Waals surface area contributed by atoms with Crippen LogP contribution in [0.3, 0.4) is 0 Å². The van der Waals surface area contributed by atoms with E-state index in [0.717, 1.165) is 42.1 Å². The molecule has 0 saturated heterocycles. The number of hydrogen-bond acceptors (Lipinski definition) is 4. The van der Waals surface area contributed by atoms with Crippen molar-refractivity contribution in [3.63, 3.8) is 0 Å². The number of nitrogens with one attached hydrogen (secondary N) is 1. The van der Waals surface area contributed by atoms with E-state index in [9.17, 15) is 4.79 Å². The summed E-state index contributed by atoms with van der Waals surface area (Å²) in [6, 6.07) is 11.2. The summed E-state index contributed by atoms with van der Waals surface area (Å²) in [5, 5.41) is 16.5. The molecule has 6 nitrogen and oxygen atoms in total. The summed E-state index contributed by atoms with van der Waals surface area (Å²) in [5.41, 5.74) is 1.91. The van der Waals surface area contributed by atoms with Crippen LogP contribution in [0.25, 0.3) is 11.8 Å². The van der Waals surface area contributed by atoms with Gasteiger partial charge >= 0.3 is 0 Å². The standard InChI is InChI=1S/C21H20ClN5OS/c1-2-3-4-7-18-25-27-19(23)17(20(28)24-21(27)29-18)13-16-6-5-12-26(16)15-10-8-14(22)9-11-15/h5-6,8-13,23H,2-4,7H2,1H3/b17-13+,23-19?. The number of fused-ring (bicyclic) bond motifs is 1. The molecule has 2 aliphatic heterocycles. The fraction of sp³-hybridized carbons (Fsp3) is 0.238. The van der Waals surface area contributed by atoms with E-state index in [-0.39, 0.29) is 11.4 Å². The molecule has 1 amide bonds. The van der Waals surface area contributed by atoms with Crippen molar-refractivity contribution in [2.75, 3.05) is 0 Å². The third-order valence-electron chi connectivity index (χ3n) is 4.67. The van der Waals surface area contributed by atoms with Crippen molar-refractivity contribution in [1.82, 2.24) is 9.58 Å². The second-order valence-electron chi connectivity index (χ2n) is 6.75. The highest BCUT2D eigenvalue weighted by molar-refractivity contribution is 8.26. The molecule has 0 atom stereocenters. The maximum atomic E-state index is 12.6. The highest BCUT2D eigenvalue weighted by Crippen LogP contribution is 2.30. The Bertz CT molecular complexity index is 1050. The molecule has 8 heteroatoms. The fourth-order valence-electron chi connectivity index (χ4n) is 3.16. The lowest BCUT2D eigenvalue weighted by molar-refractivity contribution is -0.114. The summed E-state index contributed by atoms with van der Waals surface area (Å²) in [4.78, 5) is 16.8. The summed E-state index contributed by atoms with van der Waals surface area (Å²) < 4.78 is 1.93. The molecule has 2 aromatic rings. The summed E-state index contributed by atoms with van der Waals surface area (Å²) in [6.07, 6.45) is 7.74. The number of thioether (sulfide) groups is 1. The van der Waals surface area contributed by atoms with Gasteiger partial charge in [0, 0.05) is 22.6 Å². The lowest BCUT2D eigenvalue weighted by Crippen LogP contribution is -2.35. The third-order valence-corrected chi connectivity index (χ3v) is 5.89. The van der Waals surface area contributed by atoms with Gasteiger partial charge in [-0.3, -0.25) is 10.2 Å². The van der Waals surface area contributed by atoms with Crippen molar-refractivity contribution in [2.24, 2.45) is 10.1 Å². The first kappa shape index (κ1) is 19.7. The van der Waals surface area contributed by atoms with Crippen LogP contribution in [0.4, 0.5) is 0 Å². The van der Waals surface area contributed by atoms with Crippen molar-refractivity contribution >= 4 is 51.4 Å². The molecule has 2 aliphatic rings. The van der Waals surface area contributed by atoms with Crippen LogP contribution in [-0.2, 0) is 4.79 Å². The molecule has 0 radical (unpaired) electrons. The first-order chi connectivity index (χ1) is 14.1. The van der Waals surface area contributed by atoms with Crippen LogP contribution in [0, 0.1) is 5.41 Å². The first-order valence-electron chi connectivity index (χ1n) is 9.49. The molecule has 1 aromatic carbocycles. The Kier molecular flexibility index (Phi) is 5.69. The lowest BCUT2D eigenvalue weighted by atomic mass is 10.1. The molecule has 1 aromatic heterocycles. The van der Waals surface area contributed by atoms with Crippen molar-refractivity contribution in [3.05, 3.63) is 58.9 Å². The monoisotopic (exact) mass is 425 g/mol. The summed E-state index contributed by atoms with van der Waals surface area (Å²) in [6.45, 7) is 2.16. The maximum Gasteiger partial charge on any atom is 0.283 e. The number of hydrogen-bond donors (Lipinski definition) is 1. The van der Waals surface area contributed by atoms with Crippen LogP contribution in [0.15, 0.2) is 58.3 Å². The van der Waals surface area contributed by atoms with E-state index in [0.29, 0.717) is 10.2 Å². The number of amidine groups is 2. The number of aromatic nitrogens is 1. The Labute approximate surface area is 178 Å². The Balaban J connectivity index is 1.62. The largest absolute Gasteiger partial charge is 0.317 e. The molecule has 1 N–H and O–H groups in total. The van der Waals surface area contributed by atoms with Crippen LogP contribution < -0.4 is 0 Å². The number of amides is 1. The van der Waals surface area contributed by atoms with E-state index in [1.807, 2.05) is 47.2 Å². The Hall–Kier alpha value is -2.64. The van der Waals surface area contributed by atoms with Gasteiger partial charge in [-0.15, -0.1) is 0 Å². The molecule has 0 aliphatic carbocycles. The van der Waals surface area contributed by atoms with Crippen LogP contribution in [0.5, 0.6) is 0 Å². The van der Waals surface area contributed by atoms with Gasteiger partial charge in [-0.2, -0.15) is 15.1 Å². The number of aliphatic imine (C=N–C) groups is 1. The number of rotatable bonds is 6. The number of carbonyl (C=O) groups excluding carboxylic acids is 1. The van der Waals surface area contributed by atoms with Crippen LogP contribution >= 0.6 is 23.4 Å². The average molecular weight is 426 g/mol. The molecule has 0 fully saturated rings. The van der Waals surface area contributed by atoms with E-state index in [2.05, 4.69) is 17.0 Å². The first-order valence-corrected chi connectivity index (χ1v) is 10.7. The Morgan fingerprint density at radius 3 is 2.76 bits per heavy atom. The van der Waals surface area contributed by atoms with E-state index in [1.165, 1.54) is 16.8 Å². The maximum absolute atomic E-state index is 12.6. The number of nitrogens with zero attached hydrogens (tertiary/aromatic N) is 4. The van der Waals surface area contributed by atoms with Gasteiger partial charge in [-0.05, 0) is 67.1 Å². The van der Waals surface area contributed by atoms with E-state index in [1.54, 1.807) is 6.08 Å². The van der Waals surface area contributed by atoms with Gasteiger partial charge in [-0.1, -0.05) is 31.4 Å². The number of benzene rings is 1. The Morgan fingerprint density at radius 1 is 1.21 bits per heavy atom. The minimum atomic E-state index is -0.414. The number of halogens is 1. The van der Waals surface area contributed by atoms with Crippen molar-refractivity contribution in [2.45, 2.75) is 32.6 Å². The minimum Gasteiger partial charge on any atom is -0.317 e. The molecular formula is C21H20ClN5OS. The minimum absolute atomic E-state index is 0.0573. The SMILES string of the molecule is CCCCCC1=NN2C(=N)/C(=C\c3cccn3-c3ccc(Cl)cc3)C(=O)N=C2S1.